The smallest absolute Gasteiger partial charge is 0.213 e. The molecule has 60 valence electrons. The third kappa shape index (κ3) is 1.16. The number of nitrogens with zero attached hydrogens (tertiary/aromatic N) is 1. The van der Waals surface area contributed by atoms with Gasteiger partial charge in [0.05, 0.1) is 5.52 Å². The summed E-state index contributed by atoms with van der Waals surface area (Å²) in [5, 5.41) is 0.983. The molecular weight excluding hydrogens is 153 g/mol. The Hall–Kier alpha value is -1.44. The standard InChI is InChI=1S/C10H8FN/c1-7-2-4-9-8(6-7)3-5-10(11)12-9/h2-6H,1H3. The van der Waals surface area contributed by atoms with Crippen LogP contribution in [0.5, 0.6) is 0 Å². The summed E-state index contributed by atoms with van der Waals surface area (Å²) in [6.07, 6.45) is 0. The predicted octanol–water partition coefficient (Wildman–Crippen LogP) is 2.68. The van der Waals surface area contributed by atoms with Crippen molar-refractivity contribution < 1.29 is 4.39 Å². The van der Waals surface area contributed by atoms with E-state index in [1.54, 1.807) is 6.07 Å². The van der Waals surface area contributed by atoms with Gasteiger partial charge in [0.1, 0.15) is 0 Å². The van der Waals surface area contributed by atoms with E-state index in [1.165, 1.54) is 6.07 Å². The molecule has 2 heteroatoms. The highest BCUT2D eigenvalue weighted by Gasteiger charge is 1.96. The number of hydrogen-bond acceptors (Lipinski definition) is 1. The first-order valence-electron chi connectivity index (χ1n) is 3.78. The summed E-state index contributed by atoms with van der Waals surface area (Å²) in [5.74, 6) is -0.425. The first-order valence-corrected chi connectivity index (χ1v) is 3.78. The Morgan fingerprint density at radius 3 is 2.83 bits per heavy atom. The van der Waals surface area contributed by atoms with Crippen LogP contribution in [0, 0.1) is 12.9 Å². The third-order valence-electron chi connectivity index (χ3n) is 1.81. The van der Waals surface area contributed by atoms with Gasteiger partial charge in [-0.15, -0.1) is 0 Å². The average Bonchev–Trinajstić information content (AvgIpc) is 2.05. The van der Waals surface area contributed by atoms with Gasteiger partial charge in [0.2, 0.25) is 5.95 Å². The number of hydrogen-bond donors (Lipinski definition) is 0. The molecule has 0 aliphatic carbocycles. The van der Waals surface area contributed by atoms with Crippen molar-refractivity contribution in [1.29, 1.82) is 0 Å². The lowest BCUT2D eigenvalue weighted by atomic mass is 10.1. The fraction of sp³-hybridized carbons (Fsp3) is 0.100. The maximum absolute atomic E-state index is 12.6. The van der Waals surface area contributed by atoms with Crippen LogP contribution in [-0.4, -0.2) is 4.98 Å². The van der Waals surface area contributed by atoms with E-state index in [4.69, 9.17) is 0 Å². The van der Waals surface area contributed by atoms with Crippen LogP contribution in [0.3, 0.4) is 0 Å². The molecule has 2 aromatic rings. The van der Waals surface area contributed by atoms with Crippen LogP contribution < -0.4 is 0 Å². The van der Waals surface area contributed by atoms with Crippen LogP contribution in [-0.2, 0) is 0 Å². The molecule has 0 spiro atoms. The number of rotatable bonds is 0. The van der Waals surface area contributed by atoms with Crippen molar-refractivity contribution in [1.82, 2.24) is 4.98 Å². The Morgan fingerprint density at radius 2 is 2.00 bits per heavy atom. The third-order valence-corrected chi connectivity index (χ3v) is 1.81. The number of halogens is 1. The van der Waals surface area contributed by atoms with Gasteiger partial charge < -0.3 is 0 Å². The van der Waals surface area contributed by atoms with E-state index in [1.807, 2.05) is 25.1 Å². The van der Waals surface area contributed by atoms with E-state index >= 15 is 0 Å². The second kappa shape index (κ2) is 2.55. The largest absolute Gasteiger partial charge is 0.220 e. The zero-order valence-corrected chi connectivity index (χ0v) is 6.71. The van der Waals surface area contributed by atoms with Crippen molar-refractivity contribution >= 4 is 10.9 Å². The summed E-state index contributed by atoms with van der Waals surface area (Å²) < 4.78 is 12.6. The molecule has 0 aliphatic rings. The van der Waals surface area contributed by atoms with Crippen molar-refractivity contribution in [2.45, 2.75) is 6.92 Å². The SMILES string of the molecule is Cc1ccc2nc(F)ccc2c1. The van der Waals surface area contributed by atoms with Gasteiger partial charge in [-0.2, -0.15) is 4.39 Å². The molecule has 0 bridgehead atoms. The number of aryl methyl sites for hydroxylation is 1. The van der Waals surface area contributed by atoms with Gasteiger partial charge in [0.15, 0.2) is 0 Å². The highest BCUT2D eigenvalue weighted by molar-refractivity contribution is 5.78. The Kier molecular flexibility index (Phi) is 1.54. The predicted molar refractivity (Wildman–Crippen MR) is 46.4 cm³/mol. The lowest BCUT2D eigenvalue weighted by Crippen LogP contribution is -1.83. The number of pyridine rings is 1. The van der Waals surface area contributed by atoms with Gasteiger partial charge in [-0.25, -0.2) is 4.98 Å². The van der Waals surface area contributed by atoms with Gasteiger partial charge in [-0.3, -0.25) is 0 Å². The van der Waals surface area contributed by atoms with Crippen LogP contribution in [0.4, 0.5) is 4.39 Å². The fourth-order valence-corrected chi connectivity index (χ4v) is 1.22. The Morgan fingerprint density at radius 1 is 1.17 bits per heavy atom. The molecule has 1 aromatic carbocycles. The Bertz CT molecular complexity index is 382. The Labute approximate surface area is 69.9 Å². The van der Waals surface area contributed by atoms with E-state index in [2.05, 4.69) is 4.98 Å². The van der Waals surface area contributed by atoms with Crippen LogP contribution in [0.1, 0.15) is 5.56 Å². The highest BCUT2D eigenvalue weighted by Crippen LogP contribution is 2.13. The van der Waals surface area contributed by atoms with E-state index < -0.39 is 5.95 Å². The molecule has 1 nitrogen and oxygen atoms in total. The zero-order chi connectivity index (χ0) is 8.55. The second-order valence-corrected chi connectivity index (χ2v) is 2.83. The average molecular weight is 161 g/mol. The molecule has 0 unspecified atom stereocenters. The topological polar surface area (TPSA) is 12.9 Å². The van der Waals surface area contributed by atoms with Gasteiger partial charge in [0, 0.05) is 5.39 Å². The van der Waals surface area contributed by atoms with Crippen LogP contribution in [0.15, 0.2) is 30.3 Å². The van der Waals surface area contributed by atoms with Crippen LogP contribution >= 0.6 is 0 Å². The number of benzene rings is 1. The van der Waals surface area contributed by atoms with E-state index in [-0.39, 0.29) is 0 Å². The molecule has 1 heterocycles. The minimum absolute atomic E-state index is 0.425. The Balaban J connectivity index is 2.79. The van der Waals surface area contributed by atoms with E-state index in [9.17, 15) is 4.39 Å². The molecule has 1 aromatic heterocycles. The van der Waals surface area contributed by atoms with Crippen LogP contribution in [0.25, 0.3) is 10.9 Å². The quantitative estimate of drug-likeness (QED) is 0.541. The molecule has 0 fully saturated rings. The summed E-state index contributed by atoms with van der Waals surface area (Å²) in [4.78, 5) is 3.75. The molecule has 0 saturated carbocycles. The van der Waals surface area contributed by atoms with Crippen molar-refractivity contribution in [2.24, 2.45) is 0 Å². The summed E-state index contributed by atoms with van der Waals surface area (Å²) in [7, 11) is 0. The van der Waals surface area contributed by atoms with Gasteiger partial charge in [-0.05, 0) is 31.2 Å². The van der Waals surface area contributed by atoms with Gasteiger partial charge in [0.25, 0.3) is 0 Å². The lowest BCUT2D eigenvalue weighted by Gasteiger charge is -1.97. The molecule has 0 atom stereocenters. The maximum atomic E-state index is 12.6. The highest BCUT2D eigenvalue weighted by atomic mass is 19.1. The lowest BCUT2D eigenvalue weighted by molar-refractivity contribution is 0.589. The molecule has 0 aliphatic heterocycles. The summed E-state index contributed by atoms with van der Waals surface area (Å²) in [5.41, 5.74) is 1.87. The minimum Gasteiger partial charge on any atom is -0.220 e. The molecule has 2 rings (SSSR count). The van der Waals surface area contributed by atoms with Gasteiger partial charge >= 0.3 is 0 Å². The summed E-state index contributed by atoms with van der Waals surface area (Å²) in [6.45, 7) is 2.00. The van der Waals surface area contributed by atoms with E-state index in [0.29, 0.717) is 5.52 Å². The molecule has 0 N–H and O–H groups in total. The van der Waals surface area contributed by atoms with Crippen molar-refractivity contribution in [2.75, 3.05) is 0 Å². The normalized spacial score (nSPS) is 10.5. The molecule has 0 saturated heterocycles. The summed E-state index contributed by atoms with van der Waals surface area (Å²) >= 11 is 0. The monoisotopic (exact) mass is 161 g/mol. The second-order valence-electron chi connectivity index (χ2n) is 2.83. The first kappa shape index (κ1) is 7.22. The molecule has 0 radical (unpaired) electrons. The number of aromatic nitrogens is 1. The fourth-order valence-electron chi connectivity index (χ4n) is 1.22. The van der Waals surface area contributed by atoms with Crippen LogP contribution in [0.2, 0.25) is 0 Å². The van der Waals surface area contributed by atoms with Crippen molar-refractivity contribution in [3.8, 4) is 0 Å². The molecule has 0 amide bonds. The minimum atomic E-state index is -0.425. The van der Waals surface area contributed by atoms with Crippen molar-refractivity contribution in [3.05, 3.63) is 41.8 Å². The molecular formula is C10H8FN. The van der Waals surface area contributed by atoms with E-state index in [0.717, 1.165) is 10.9 Å². The molecule has 12 heavy (non-hydrogen) atoms. The zero-order valence-electron chi connectivity index (χ0n) is 6.71. The first-order chi connectivity index (χ1) is 5.75. The van der Waals surface area contributed by atoms with Crippen molar-refractivity contribution in [3.63, 3.8) is 0 Å². The maximum Gasteiger partial charge on any atom is 0.213 e. The number of fused-ring (bicyclic) bond motifs is 1. The summed E-state index contributed by atoms with van der Waals surface area (Å²) in [6, 6.07) is 8.86. The van der Waals surface area contributed by atoms with Gasteiger partial charge in [-0.1, -0.05) is 11.6 Å².